The molecule has 0 aliphatic carbocycles. The van der Waals surface area contributed by atoms with Crippen molar-refractivity contribution >= 4 is 11.6 Å². The van der Waals surface area contributed by atoms with Gasteiger partial charge in [0, 0.05) is 36.6 Å². The first-order chi connectivity index (χ1) is 13.1. The fraction of sp³-hybridized carbons (Fsp3) is 0.300. The van der Waals surface area contributed by atoms with E-state index in [-0.39, 0.29) is 5.91 Å². The van der Waals surface area contributed by atoms with Crippen LogP contribution in [0.15, 0.2) is 42.9 Å². The van der Waals surface area contributed by atoms with E-state index in [1.807, 2.05) is 30.5 Å². The molecule has 3 aromatic rings. The Morgan fingerprint density at radius 3 is 2.81 bits per heavy atom. The second kappa shape index (κ2) is 7.17. The van der Waals surface area contributed by atoms with Gasteiger partial charge in [0.05, 0.1) is 6.20 Å². The minimum absolute atomic E-state index is 0.0459. The second-order valence-electron chi connectivity index (χ2n) is 6.99. The van der Waals surface area contributed by atoms with Crippen LogP contribution in [0, 0.1) is 17.2 Å². The third kappa shape index (κ3) is 3.52. The van der Waals surface area contributed by atoms with E-state index >= 15 is 0 Å². The molecule has 4 rings (SSSR count). The molecule has 1 atom stereocenters. The Balaban J connectivity index is 1.45. The highest BCUT2D eigenvalue weighted by atomic mass is 16.1. The average Bonchev–Trinajstić information content (AvgIpc) is 3.31. The molecule has 1 aliphatic rings. The lowest BCUT2D eigenvalue weighted by Gasteiger charge is -2.12. The van der Waals surface area contributed by atoms with Crippen LogP contribution in [-0.2, 0) is 0 Å². The Morgan fingerprint density at radius 1 is 1.30 bits per heavy atom. The van der Waals surface area contributed by atoms with Crippen molar-refractivity contribution in [3.8, 4) is 17.2 Å². The molecule has 0 radical (unpaired) electrons. The number of nitriles is 1. The van der Waals surface area contributed by atoms with Gasteiger partial charge in [-0.2, -0.15) is 10.4 Å². The van der Waals surface area contributed by atoms with Crippen LogP contribution in [0.25, 0.3) is 16.8 Å². The van der Waals surface area contributed by atoms with Gasteiger partial charge >= 0.3 is 0 Å². The van der Waals surface area contributed by atoms with Gasteiger partial charge < -0.3 is 10.2 Å². The number of nitrogens with zero attached hydrogens (tertiary/aromatic N) is 5. The third-order valence-corrected chi connectivity index (χ3v) is 5.00. The van der Waals surface area contributed by atoms with Gasteiger partial charge in [0.1, 0.15) is 11.6 Å². The van der Waals surface area contributed by atoms with Crippen LogP contribution in [-0.4, -0.2) is 52.1 Å². The summed E-state index contributed by atoms with van der Waals surface area (Å²) in [4.78, 5) is 19.0. The summed E-state index contributed by atoms with van der Waals surface area (Å²) in [7, 11) is 2.11. The van der Waals surface area contributed by atoms with Crippen LogP contribution in [0.4, 0.5) is 0 Å². The summed E-state index contributed by atoms with van der Waals surface area (Å²) < 4.78 is 1.59. The standard InChI is InChI=1S/C20H20N6O/c1-25-7-6-14(12-25)9-23-20(27)16-4-2-15(3-5-16)18-10-22-19-17(8-21)11-24-26(19)13-18/h2-5,10-11,13-14H,6-7,9,12H2,1H3,(H,23,27)/t14-/m0/s1. The summed E-state index contributed by atoms with van der Waals surface area (Å²) in [6, 6.07) is 9.51. The number of carbonyl (C=O) groups is 1. The predicted molar refractivity (Wildman–Crippen MR) is 101 cm³/mol. The van der Waals surface area contributed by atoms with E-state index in [1.165, 1.54) is 6.20 Å². The molecular formula is C20H20N6O. The smallest absolute Gasteiger partial charge is 0.251 e. The third-order valence-electron chi connectivity index (χ3n) is 5.00. The molecule has 27 heavy (non-hydrogen) atoms. The van der Waals surface area contributed by atoms with Crippen molar-refractivity contribution in [1.29, 1.82) is 5.26 Å². The molecule has 1 aromatic carbocycles. The fourth-order valence-electron chi connectivity index (χ4n) is 3.45. The molecule has 0 unspecified atom stereocenters. The average molecular weight is 360 g/mol. The lowest BCUT2D eigenvalue weighted by atomic mass is 10.1. The lowest BCUT2D eigenvalue weighted by molar-refractivity contribution is 0.0947. The highest BCUT2D eigenvalue weighted by Gasteiger charge is 2.20. The molecule has 1 amide bonds. The minimum atomic E-state index is -0.0459. The summed E-state index contributed by atoms with van der Waals surface area (Å²) in [6.07, 6.45) is 6.17. The van der Waals surface area contributed by atoms with Crippen molar-refractivity contribution in [2.24, 2.45) is 5.92 Å². The zero-order chi connectivity index (χ0) is 18.8. The maximum atomic E-state index is 12.4. The summed E-state index contributed by atoms with van der Waals surface area (Å²) in [6.45, 7) is 2.85. The maximum absolute atomic E-state index is 12.4. The maximum Gasteiger partial charge on any atom is 0.251 e. The molecule has 1 aliphatic heterocycles. The van der Waals surface area contributed by atoms with Crippen LogP contribution in [0.2, 0.25) is 0 Å². The number of amides is 1. The van der Waals surface area contributed by atoms with Crippen LogP contribution in [0.1, 0.15) is 22.3 Å². The lowest BCUT2D eigenvalue weighted by Crippen LogP contribution is -2.30. The second-order valence-corrected chi connectivity index (χ2v) is 6.99. The highest BCUT2D eigenvalue weighted by molar-refractivity contribution is 5.94. The summed E-state index contributed by atoms with van der Waals surface area (Å²) >= 11 is 0. The van der Waals surface area contributed by atoms with Gasteiger partial charge in [-0.1, -0.05) is 12.1 Å². The largest absolute Gasteiger partial charge is 0.352 e. The first-order valence-electron chi connectivity index (χ1n) is 8.94. The Kier molecular flexibility index (Phi) is 4.57. The normalized spacial score (nSPS) is 17.1. The van der Waals surface area contributed by atoms with E-state index in [9.17, 15) is 4.79 Å². The first-order valence-corrected chi connectivity index (χ1v) is 8.94. The quantitative estimate of drug-likeness (QED) is 0.768. The predicted octanol–water partition coefficient (Wildman–Crippen LogP) is 1.95. The van der Waals surface area contributed by atoms with Crippen LogP contribution < -0.4 is 5.32 Å². The van der Waals surface area contributed by atoms with Gasteiger partial charge in [-0.05, 0) is 43.6 Å². The molecule has 0 spiro atoms. The molecule has 3 heterocycles. The molecule has 7 heteroatoms. The monoisotopic (exact) mass is 360 g/mol. The SMILES string of the molecule is CN1CC[C@@H](CNC(=O)c2ccc(-c3cnc4c(C#N)cnn4c3)cc2)C1. The Labute approximate surface area is 157 Å². The Bertz CT molecular complexity index is 1020. The molecule has 2 aromatic heterocycles. The van der Waals surface area contributed by atoms with Gasteiger partial charge in [-0.25, -0.2) is 9.50 Å². The number of rotatable bonds is 4. The Morgan fingerprint density at radius 2 is 2.11 bits per heavy atom. The van der Waals surface area contributed by atoms with Crippen molar-refractivity contribution in [2.45, 2.75) is 6.42 Å². The number of aromatic nitrogens is 3. The number of fused-ring (bicyclic) bond motifs is 1. The van der Waals surface area contributed by atoms with E-state index in [1.54, 1.807) is 10.7 Å². The van der Waals surface area contributed by atoms with Gasteiger partial charge in [0.15, 0.2) is 5.65 Å². The van der Waals surface area contributed by atoms with E-state index in [0.29, 0.717) is 29.2 Å². The minimum Gasteiger partial charge on any atom is -0.352 e. The van der Waals surface area contributed by atoms with Gasteiger partial charge in [-0.3, -0.25) is 4.79 Å². The Hall–Kier alpha value is -3.24. The summed E-state index contributed by atoms with van der Waals surface area (Å²) in [5, 5.41) is 16.2. The molecule has 136 valence electrons. The molecule has 0 saturated carbocycles. The van der Waals surface area contributed by atoms with E-state index in [4.69, 9.17) is 5.26 Å². The van der Waals surface area contributed by atoms with Gasteiger partial charge in [-0.15, -0.1) is 0 Å². The molecule has 1 saturated heterocycles. The number of hydrogen-bond donors (Lipinski definition) is 1. The molecule has 0 bridgehead atoms. The van der Waals surface area contributed by atoms with Crippen LogP contribution >= 0.6 is 0 Å². The molecule has 7 nitrogen and oxygen atoms in total. The first kappa shape index (κ1) is 17.2. The summed E-state index contributed by atoms with van der Waals surface area (Å²) in [5.74, 6) is 0.485. The van der Waals surface area contributed by atoms with Crippen LogP contribution in [0.5, 0.6) is 0 Å². The molecule has 1 fully saturated rings. The number of carbonyl (C=O) groups excluding carboxylic acids is 1. The number of nitrogens with one attached hydrogen (secondary N) is 1. The van der Waals surface area contributed by atoms with Crippen molar-refractivity contribution in [1.82, 2.24) is 24.8 Å². The number of benzene rings is 1. The zero-order valence-electron chi connectivity index (χ0n) is 15.1. The van der Waals surface area contributed by atoms with Crippen LogP contribution in [0.3, 0.4) is 0 Å². The topological polar surface area (TPSA) is 86.3 Å². The number of hydrogen-bond acceptors (Lipinski definition) is 5. The highest BCUT2D eigenvalue weighted by Crippen LogP contribution is 2.20. The fourth-order valence-corrected chi connectivity index (χ4v) is 3.45. The molecule has 1 N–H and O–H groups in total. The van der Waals surface area contributed by atoms with Crippen molar-refractivity contribution in [2.75, 3.05) is 26.7 Å². The van der Waals surface area contributed by atoms with E-state index in [2.05, 4.69) is 33.4 Å². The van der Waals surface area contributed by atoms with Gasteiger partial charge in [0.2, 0.25) is 0 Å². The molecular weight excluding hydrogens is 340 g/mol. The summed E-state index contributed by atoms with van der Waals surface area (Å²) in [5.41, 5.74) is 3.44. The number of likely N-dealkylation sites (tertiary alicyclic amines) is 1. The zero-order valence-corrected chi connectivity index (χ0v) is 15.1. The van der Waals surface area contributed by atoms with Crippen molar-refractivity contribution < 1.29 is 4.79 Å². The van der Waals surface area contributed by atoms with E-state index < -0.39 is 0 Å². The van der Waals surface area contributed by atoms with Crippen molar-refractivity contribution in [3.63, 3.8) is 0 Å². The van der Waals surface area contributed by atoms with Gasteiger partial charge in [0.25, 0.3) is 5.91 Å². The van der Waals surface area contributed by atoms with Crippen molar-refractivity contribution in [3.05, 3.63) is 54.0 Å². The van der Waals surface area contributed by atoms with E-state index in [0.717, 1.165) is 30.6 Å².